The molecular formula is C7H8N2NaO6S3+. The molecule has 0 bridgehead atoms. The van der Waals surface area contributed by atoms with Crippen molar-refractivity contribution in [1.29, 1.82) is 0 Å². The molecule has 1 aromatic carbocycles. The molecule has 12 heteroatoms. The van der Waals surface area contributed by atoms with Gasteiger partial charge in [0.1, 0.15) is 0 Å². The second-order valence-electron chi connectivity index (χ2n) is 3.13. The maximum Gasteiger partial charge on any atom is 1.00 e. The van der Waals surface area contributed by atoms with Gasteiger partial charge in [-0.2, -0.15) is 16.8 Å². The van der Waals surface area contributed by atoms with Crippen molar-refractivity contribution in [3.8, 4) is 0 Å². The van der Waals surface area contributed by atoms with Crippen molar-refractivity contribution >= 4 is 43.3 Å². The van der Waals surface area contributed by atoms with Crippen molar-refractivity contribution in [2.75, 3.05) is 5.32 Å². The first-order valence-electron chi connectivity index (χ1n) is 4.16. The number of benzene rings is 1. The van der Waals surface area contributed by atoms with Gasteiger partial charge in [-0.15, -0.1) is 0 Å². The zero-order valence-electron chi connectivity index (χ0n) is 9.56. The van der Waals surface area contributed by atoms with Crippen LogP contribution in [-0.4, -0.2) is 31.1 Å². The Hall–Kier alpha value is -0.270. The summed E-state index contributed by atoms with van der Waals surface area (Å²) in [6.07, 6.45) is 0. The van der Waals surface area contributed by atoms with Gasteiger partial charge in [0.05, 0.1) is 9.79 Å². The largest absolute Gasteiger partial charge is 1.00 e. The molecule has 0 saturated heterocycles. The maximum absolute atomic E-state index is 10.9. The van der Waals surface area contributed by atoms with E-state index >= 15 is 0 Å². The molecule has 1 rings (SSSR count). The van der Waals surface area contributed by atoms with Crippen molar-refractivity contribution in [1.82, 2.24) is 0 Å². The first-order chi connectivity index (χ1) is 8.00. The molecule has 19 heavy (non-hydrogen) atoms. The molecule has 0 aromatic heterocycles. The molecule has 0 radical (unpaired) electrons. The standard InChI is InChI=1S/C7H8N2O6S3.Na/c8-7(16)9-4-1-5(17(10,11)12)3-6(2-4)18(13,14)15;/h1-3H,(H3,8,9,16)(H,10,11,12)(H,13,14,15);/q;+1. The topological polar surface area (TPSA) is 147 Å². The molecule has 0 saturated carbocycles. The number of hydrogen-bond donors (Lipinski definition) is 4. The Kier molecular flexibility index (Phi) is 6.36. The zero-order valence-corrected chi connectivity index (χ0v) is 14.0. The summed E-state index contributed by atoms with van der Waals surface area (Å²) in [5.41, 5.74) is 5.03. The summed E-state index contributed by atoms with van der Waals surface area (Å²) in [4.78, 5) is -1.45. The Morgan fingerprint density at radius 3 is 1.68 bits per heavy atom. The van der Waals surface area contributed by atoms with Gasteiger partial charge in [-0.3, -0.25) is 9.11 Å². The van der Waals surface area contributed by atoms with E-state index in [0.29, 0.717) is 6.07 Å². The van der Waals surface area contributed by atoms with Crippen LogP contribution in [0.5, 0.6) is 0 Å². The van der Waals surface area contributed by atoms with Crippen molar-refractivity contribution in [2.45, 2.75) is 9.79 Å². The molecule has 0 unspecified atom stereocenters. The van der Waals surface area contributed by atoms with Crippen LogP contribution in [0, 0.1) is 0 Å². The Morgan fingerprint density at radius 2 is 1.42 bits per heavy atom. The predicted octanol–water partition coefficient (Wildman–Crippen LogP) is -3.16. The number of anilines is 1. The average molecular weight is 335 g/mol. The van der Waals surface area contributed by atoms with Gasteiger partial charge in [-0.05, 0) is 30.4 Å². The van der Waals surface area contributed by atoms with E-state index in [1.807, 2.05) is 0 Å². The first kappa shape index (κ1) is 18.7. The first-order valence-corrected chi connectivity index (χ1v) is 7.45. The van der Waals surface area contributed by atoms with Gasteiger partial charge >= 0.3 is 29.6 Å². The van der Waals surface area contributed by atoms with Crippen LogP contribution in [0.1, 0.15) is 0 Å². The Labute approximate surface area is 137 Å². The minimum Gasteiger partial charge on any atom is -0.376 e. The molecule has 100 valence electrons. The van der Waals surface area contributed by atoms with Gasteiger partial charge in [-0.25, -0.2) is 0 Å². The third kappa shape index (κ3) is 5.71. The third-order valence-electron chi connectivity index (χ3n) is 1.74. The fourth-order valence-corrected chi connectivity index (χ4v) is 2.38. The van der Waals surface area contributed by atoms with Crippen LogP contribution in [0.4, 0.5) is 5.69 Å². The SMILES string of the molecule is NC(=S)Nc1cc(S(=O)(=O)O)cc(S(=O)(=O)O)c1.[Na+]. The van der Waals surface area contributed by atoms with Crippen LogP contribution in [0.3, 0.4) is 0 Å². The van der Waals surface area contributed by atoms with Crippen molar-refractivity contribution in [3.63, 3.8) is 0 Å². The maximum atomic E-state index is 10.9. The Balaban J connectivity index is 0.00000324. The van der Waals surface area contributed by atoms with Gasteiger partial charge in [0, 0.05) is 5.69 Å². The fourth-order valence-electron chi connectivity index (χ4n) is 1.08. The molecule has 1 aromatic rings. The summed E-state index contributed by atoms with van der Waals surface area (Å²) < 4.78 is 61.4. The molecule has 8 nitrogen and oxygen atoms in total. The van der Waals surface area contributed by atoms with Crippen LogP contribution in [0.15, 0.2) is 28.0 Å². The van der Waals surface area contributed by atoms with E-state index in [-0.39, 0.29) is 40.4 Å². The van der Waals surface area contributed by atoms with E-state index in [9.17, 15) is 16.8 Å². The summed E-state index contributed by atoms with van der Waals surface area (Å²) in [5, 5.41) is 2.04. The minimum atomic E-state index is -4.64. The number of thiocarbonyl (C=S) groups is 1. The van der Waals surface area contributed by atoms with Crippen LogP contribution < -0.4 is 40.6 Å². The predicted molar refractivity (Wildman–Crippen MR) is 66.5 cm³/mol. The van der Waals surface area contributed by atoms with Crippen LogP contribution >= 0.6 is 12.2 Å². The summed E-state index contributed by atoms with van der Waals surface area (Å²) in [5.74, 6) is 0. The van der Waals surface area contributed by atoms with Gasteiger partial charge in [-0.1, -0.05) is 0 Å². The molecule has 0 heterocycles. The number of nitrogens with one attached hydrogen (secondary N) is 1. The van der Waals surface area contributed by atoms with Crippen LogP contribution in [0.25, 0.3) is 0 Å². The molecule has 0 aliphatic carbocycles. The minimum absolute atomic E-state index is 0. The molecule has 0 amide bonds. The zero-order chi connectivity index (χ0) is 14.1. The monoisotopic (exact) mass is 335 g/mol. The second-order valence-corrected chi connectivity index (χ2v) is 6.42. The molecule has 0 aliphatic rings. The molecule has 0 fully saturated rings. The van der Waals surface area contributed by atoms with Gasteiger partial charge < -0.3 is 11.1 Å². The number of nitrogens with two attached hydrogens (primary N) is 1. The average Bonchev–Trinajstić information content (AvgIpc) is 2.13. The van der Waals surface area contributed by atoms with E-state index in [0.717, 1.165) is 12.1 Å². The van der Waals surface area contributed by atoms with Gasteiger partial charge in [0.2, 0.25) is 0 Å². The third-order valence-corrected chi connectivity index (χ3v) is 3.51. The van der Waals surface area contributed by atoms with E-state index in [1.165, 1.54) is 0 Å². The van der Waals surface area contributed by atoms with Crippen molar-refractivity contribution < 1.29 is 55.5 Å². The normalized spacial score (nSPS) is 11.5. The molecule has 0 atom stereocenters. The molecular weight excluding hydrogens is 327 g/mol. The summed E-state index contributed by atoms with van der Waals surface area (Å²) in [6, 6.07) is 2.40. The van der Waals surface area contributed by atoms with Crippen molar-refractivity contribution in [3.05, 3.63) is 18.2 Å². The number of hydrogen-bond acceptors (Lipinski definition) is 5. The van der Waals surface area contributed by atoms with Crippen molar-refractivity contribution in [2.24, 2.45) is 5.73 Å². The summed E-state index contributed by atoms with van der Waals surface area (Å²) in [7, 11) is -9.29. The second kappa shape index (κ2) is 6.45. The fraction of sp³-hybridized carbons (Fsp3) is 0. The number of rotatable bonds is 3. The van der Waals surface area contributed by atoms with Gasteiger partial charge in [0.25, 0.3) is 20.2 Å². The van der Waals surface area contributed by atoms with Crippen LogP contribution in [0.2, 0.25) is 0 Å². The van der Waals surface area contributed by atoms with E-state index < -0.39 is 30.0 Å². The van der Waals surface area contributed by atoms with Gasteiger partial charge in [0.15, 0.2) is 5.11 Å². The summed E-state index contributed by atoms with van der Waals surface area (Å²) in [6.45, 7) is 0. The summed E-state index contributed by atoms with van der Waals surface area (Å²) >= 11 is 4.49. The Bertz CT molecular complexity index is 649. The van der Waals surface area contributed by atoms with Crippen LogP contribution in [-0.2, 0) is 20.2 Å². The molecule has 5 N–H and O–H groups in total. The molecule has 0 spiro atoms. The smallest absolute Gasteiger partial charge is 0.376 e. The molecule has 0 aliphatic heterocycles. The van der Waals surface area contributed by atoms with E-state index in [1.54, 1.807) is 0 Å². The van der Waals surface area contributed by atoms with E-state index in [4.69, 9.17) is 14.8 Å². The Morgan fingerprint density at radius 1 is 1.05 bits per heavy atom. The quantitative estimate of drug-likeness (QED) is 0.255. The van der Waals surface area contributed by atoms with E-state index in [2.05, 4.69) is 17.5 Å².